The first kappa shape index (κ1) is 21.2. The molecule has 0 aromatic heterocycles. The van der Waals surface area contributed by atoms with E-state index in [2.05, 4.69) is 86.6 Å². The molecule has 2 unspecified atom stereocenters. The van der Waals surface area contributed by atoms with Crippen molar-refractivity contribution >= 4 is 15.0 Å². The Bertz CT molecular complexity index is 935. The molecule has 1 nitrogen and oxygen atoms in total. The molecule has 0 saturated carbocycles. The molecule has 0 radical (unpaired) electrons. The molecule has 1 aliphatic heterocycles. The van der Waals surface area contributed by atoms with Gasteiger partial charge in [-0.25, -0.2) is 0 Å². The van der Waals surface area contributed by atoms with Gasteiger partial charge in [-0.3, -0.25) is 0 Å². The zero-order chi connectivity index (χ0) is 21.0. The van der Waals surface area contributed by atoms with Crippen molar-refractivity contribution in [1.82, 2.24) is 0 Å². The summed E-state index contributed by atoms with van der Waals surface area (Å²) in [4.78, 5) is 0. The van der Waals surface area contributed by atoms with Crippen LogP contribution in [0.4, 0.5) is 0 Å². The first-order chi connectivity index (χ1) is 14.6. The molecule has 4 rings (SSSR count). The van der Waals surface area contributed by atoms with E-state index in [-0.39, 0.29) is 0 Å². The van der Waals surface area contributed by atoms with Crippen molar-refractivity contribution in [3.63, 3.8) is 0 Å². The SMILES string of the molecule is COc1cc(C)c(C(CC2(c3ccccc3)CCCC[Se]2)c2ccccc2)c(C)c1. The van der Waals surface area contributed by atoms with Crippen LogP contribution in [0.3, 0.4) is 0 Å². The van der Waals surface area contributed by atoms with Gasteiger partial charge in [-0.05, 0) is 0 Å². The summed E-state index contributed by atoms with van der Waals surface area (Å²) in [6.07, 6.45) is 5.24. The van der Waals surface area contributed by atoms with E-state index in [1.165, 1.54) is 53.3 Å². The molecule has 1 saturated heterocycles. The van der Waals surface area contributed by atoms with Crippen molar-refractivity contribution in [3.8, 4) is 5.75 Å². The van der Waals surface area contributed by atoms with E-state index < -0.39 is 0 Å². The molecule has 3 aromatic rings. The molecule has 1 heterocycles. The molecule has 0 amide bonds. The van der Waals surface area contributed by atoms with Crippen LogP contribution >= 0.6 is 0 Å². The molecule has 156 valence electrons. The Hall–Kier alpha value is -2.02. The normalized spacial score (nSPS) is 20.0. The van der Waals surface area contributed by atoms with Gasteiger partial charge in [0.25, 0.3) is 0 Å². The number of aryl methyl sites for hydroxylation is 2. The van der Waals surface area contributed by atoms with Gasteiger partial charge in [0.1, 0.15) is 0 Å². The Morgan fingerprint density at radius 2 is 1.53 bits per heavy atom. The number of hydrogen-bond acceptors (Lipinski definition) is 1. The first-order valence-electron chi connectivity index (χ1n) is 11.0. The fourth-order valence-electron chi connectivity index (χ4n) is 5.10. The molecule has 0 aliphatic carbocycles. The van der Waals surface area contributed by atoms with Crippen molar-refractivity contribution in [2.24, 2.45) is 0 Å². The summed E-state index contributed by atoms with van der Waals surface area (Å²) < 4.78 is 5.87. The fourth-order valence-corrected chi connectivity index (χ4v) is 8.49. The van der Waals surface area contributed by atoms with Crippen LogP contribution in [0.5, 0.6) is 5.75 Å². The molecule has 0 bridgehead atoms. The van der Waals surface area contributed by atoms with E-state index in [9.17, 15) is 0 Å². The molecule has 3 aromatic carbocycles. The summed E-state index contributed by atoms with van der Waals surface area (Å²) in [5.41, 5.74) is 7.15. The van der Waals surface area contributed by atoms with Gasteiger partial charge in [-0.1, -0.05) is 0 Å². The molecule has 2 heteroatoms. The molecule has 1 fully saturated rings. The third-order valence-electron chi connectivity index (χ3n) is 6.54. The number of ether oxygens (including phenoxy) is 1. The van der Waals surface area contributed by atoms with Gasteiger partial charge in [0.2, 0.25) is 0 Å². The van der Waals surface area contributed by atoms with Gasteiger partial charge in [0.05, 0.1) is 0 Å². The van der Waals surface area contributed by atoms with Gasteiger partial charge < -0.3 is 0 Å². The Kier molecular flexibility index (Phi) is 6.66. The zero-order valence-corrected chi connectivity index (χ0v) is 20.1. The topological polar surface area (TPSA) is 9.23 Å². The summed E-state index contributed by atoms with van der Waals surface area (Å²) >= 11 is 0.619. The second-order valence-corrected chi connectivity index (χ2v) is 11.6. The van der Waals surface area contributed by atoms with E-state index in [1.54, 1.807) is 12.7 Å². The summed E-state index contributed by atoms with van der Waals surface area (Å²) in [7, 11) is 1.76. The Balaban J connectivity index is 1.83. The third-order valence-corrected chi connectivity index (χ3v) is 10.0. The number of hydrogen-bond donors (Lipinski definition) is 0. The van der Waals surface area contributed by atoms with E-state index in [4.69, 9.17) is 4.74 Å². The molecule has 30 heavy (non-hydrogen) atoms. The van der Waals surface area contributed by atoms with Crippen molar-refractivity contribution < 1.29 is 4.74 Å². The maximum absolute atomic E-state index is 5.56. The van der Waals surface area contributed by atoms with E-state index in [0.717, 1.165) is 5.75 Å². The van der Waals surface area contributed by atoms with Gasteiger partial charge in [0, 0.05) is 0 Å². The molecule has 0 N–H and O–H groups in total. The van der Waals surface area contributed by atoms with Crippen LogP contribution in [0, 0.1) is 13.8 Å². The average molecular weight is 464 g/mol. The Labute approximate surface area is 188 Å². The summed E-state index contributed by atoms with van der Waals surface area (Å²) in [5, 5.41) is 1.39. The first-order valence-corrected chi connectivity index (χ1v) is 13.1. The van der Waals surface area contributed by atoms with Gasteiger partial charge in [-0.2, -0.15) is 0 Å². The maximum atomic E-state index is 5.56. The monoisotopic (exact) mass is 464 g/mol. The average Bonchev–Trinajstić information content (AvgIpc) is 2.79. The van der Waals surface area contributed by atoms with Crippen molar-refractivity contribution in [3.05, 3.63) is 101 Å². The molecular formula is C28H32OSe. The molecule has 1 aliphatic rings. The summed E-state index contributed by atoms with van der Waals surface area (Å²) in [6.45, 7) is 4.50. The summed E-state index contributed by atoms with van der Waals surface area (Å²) in [5.74, 6) is 1.36. The number of methoxy groups -OCH3 is 1. The van der Waals surface area contributed by atoms with E-state index >= 15 is 0 Å². The molecule has 0 spiro atoms. The predicted octanol–water partition coefficient (Wildman–Crippen LogP) is 7.04. The van der Waals surface area contributed by atoms with E-state index in [0.29, 0.717) is 25.2 Å². The number of rotatable bonds is 6. The zero-order valence-electron chi connectivity index (χ0n) is 18.4. The second-order valence-electron chi connectivity index (χ2n) is 8.51. The minimum absolute atomic E-state index is 0.311. The van der Waals surface area contributed by atoms with Crippen molar-refractivity contribution in [2.75, 3.05) is 7.11 Å². The summed E-state index contributed by atoms with van der Waals surface area (Å²) in [6, 6.07) is 26.9. The van der Waals surface area contributed by atoms with Crippen LogP contribution in [0.15, 0.2) is 72.8 Å². The standard InChI is InChI=1S/C28H32OSe/c1-21-18-25(29-3)19-22(2)27(21)26(23-12-6-4-7-13-23)20-28(16-10-11-17-30-28)24-14-8-5-9-15-24/h4-9,12-15,18-19,26H,10-11,16-17,20H2,1-3H3. The third kappa shape index (κ3) is 4.36. The van der Waals surface area contributed by atoms with Crippen LogP contribution in [0.2, 0.25) is 5.32 Å². The minimum atomic E-state index is 0.311. The van der Waals surface area contributed by atoms with Crippen molar-refractivity contribution in [1.29, 1.82) is 0 Å². The Morgan fingerprint density at radius 1 is 0.900 bits per heavy atom. The van der Waals surface area contributed by atoms with Crippen LogP contribution in [-0.4, -0.2) is 22.1 Å². The van der Waals surface area contributed by atoms with Crippen LogP contribution in [0.25, 0.3) is 0 Å². The van der Waals surface area contributed by atoms with Crippen LogP contribution < -0.4 is 4.74 Å². The number of benzene rings is 3. The van der Waals surface area contributed by atoms with Crippen molar-refractivity contribution in [2.45, 2.75) is 55.1 Å². The van der Waals surface area contributed by atoms with Crippen LogP contribution in [0.1, 0.15) is 59.4 Å². The molecule has 2 atom stereocenters. The predicted molar refractivity (Wildman–Crippen MR) is 128 cm³/mol. The van der Waals surface area contributed by atoms with E-state index in [1.807, 2.05) is 0 Å². The van der Waals surface area contributed by atoms with Gasteiger partial charge in [-0.15, -0.1) is 0 Å². The van der Waals surface area contributed by atoms with Crippen LogP contribution in [-0.2, 0) is 4.31 Å². The quantitative estimate of drug-likeness (QED) is 0.357. The van der Waals surface area contributed by atoms with Gasteiger partial charge in [0.15, 0.2) is 0 Å². The Morgan fingerprint density at radius 3 is 2.10 bits per heavy atom. The van der Waals surface area contributed by atoms with Gasteiger partial charge >= 0.3 is 188 Å². The molecular weight excluding hydrogens is 431 g/mol. The fraction of sp³-hybridized carbons (Fsp3) is 0.357. The second kappa shape index (κ2) is 9.41.